The number of carbonyl (C=O) groups excluding carboxylic acids is 1. The van der Waals surface area contributed by atoms with Crippen molar-refractivity contribution in [3.63, 3.8) is 0 Å². The average molecular weight is 310 g/mol. The Bertz CT molecular complexity index is 608. The Morgan fingerprint density at radius 1 is 1.10 bits per heavy atom. The van der Waals surface area contributed by atoms with Crippen LogP contribution in [-0.4, -0.2) is 12.5 Å². The van der Waals surface area contributed by atoms with Crippen LogP contribution < -0.4 is 5.32 Å². The van der Waals surface area contributed by atoms with Gasteiger partial charge in [-0.1, -0.05) is 29.8 Å². The fourth-order valence-corrected chi connectivity index (χ4v) is 2.15. The van der Waals surface area contributed by atoms with Crippen molar-refractivity contribution in [2.45, 2.75) is 12.8 Å². The molecule has 0 aliphatic rings. The van der Waals surface area contributed by atoms with Gasteiger partial charge in [0, 0.05) is 17.1 Å². The third kappa shape index (κ3) is 4.53. The number of hydrogen-bond acceptors (Lipinski definition) is 1. The zero-order valence-electron chi connectivity index (χ0n) is 11.2. The maximum atomic E-state index is 13.5. The summed E-state index contributed by atoms with van der Waals surface area (Å²) in [7, 11) is 0. The molecule has 2 aromatic carbocycles. The van der Waals surface area contributed by atoms with Gasteiger partial charge >= 0.3 is 0 Å². The summed E-state index contributed by atoms with van der Waals surface area (Å²) in [5.74, 6) is -1.09. The molecule has 2 aromatic rings. The third-order valence-corrected chi connectivity index (χ3v) is 3.40. The Labute approximate surface area is 126 Å². The first-order valence-corrected chi connectivity index (χ1v) is 6.88. The minimum absolute atomic E-state index is 0.102. The lowest BCUT2D eigenvalue weighted by Crippen LogP contribution is -2.27. The van der Waals surface area contributed by atoms with E-state index in [1.165, 1.54) is 24.3 Å². The van der Waals surface area contributed by atoms with Gasteiger partial charge in [0.1, 0.15) is 11.6 Å². The molecule has 0 radical (unpaired) electrons. The number of hydrogen-bond donors (Lipinski definition) is 1. The average Bonchev–Trinajstić information content (AvgIpc) is 2.45. The minimum Gasteiger partial charge on any atom is -0.355 e. The summed E-state index contributed by atoms with van der Waals surface area (Å²) in [6, 6.07) is 10.4. The van der Waals surface area contributed by atoms with Crippen molar-refractivity contribution >= 4 is 17.5 Å². The maximum absolute atomic E-state index is 13.5. The van der Waals surface area contributed by atoms with Crippen LogP contribution in [0, 0.1) is 11.6 Å². The van der Waals surface area contributed by atoms with E-state index in [4.69, 9.17) is 11.6 Å². The third-order valence-electron chi connectivity index (χ3n) is 3.05. The number of benzene rings is 2. The first kappa shape index (κ1) is 15.4. The lowest BCUT2D eigenvalue weighted by molar-refractivity contribution is -0.120. The summed E-state index contributed by atoms with van der Waals surface area (Å²) >= 11 is 5.86. The van der Waals surface area contributed by atoms with Crippen LogP contribution in [0.5, 0.6) is 0 Å². The van der Waals surface area contributed by atoms with E-state index in [1.807, 2.05) is 0 Å². The lowest BCUT2D eigenvalue weighted by atomic mass is 10.1. The van der Waals surface area contributed by atoms with E-state index in [0.29, 0.717) is 13.0 Å². The van der Waals surface area contributed by atoms with Crippen molar-refractivity contribution in [3.05, 3.63) is 70.2 Å². The van der Waals surface area contributed by atoms with Gasteiger partial charge in [-0.25, -0.2) is 8.78 Å². The van der Waals surface area contributed by atoms with Gasteiger partial charge in [-0.15, -0.1) is 0 Å². The molecule has 0 aliphatic carbocycles. The van der Waals surface area contributed by atoms with E-state index in [9.17, 15) is 13.6 Å². The summed E-state index contributed by atoms with van der Waals surface area (Å²) in [5, 5.41) is 2.93. The van der Waals surface area contributed by atoms with Crippen LogP contribution in [0.1, 0.15) is 11.1 Å². The van der Waals surface area contributed by atoms with E-state index < -0.39 is 5.82 Å². The number of rotatable bonds is 5. The van der Waals surface area contributed by atoms with Crippen molar-refractivity contribution in [1.29, 1.82) is 0 Å². The van der Waals surface area contributed by atoms with Crippen molar-refractivity contribution in [2.24, 2.45) is 0 Å². The summed E-state index contributed by atoms with van der Waals surface area (Å²) in [5.41, 5.74) is 1.11. The molecule has 0 saturated heterocycles. The molecule has 1 amide bonds. The molecule has 0 aromatic heterocycles. The molecule has 1 N–H and O–H groups in total. The van der Waals surface area contributed by atoms with Gasteiger partial charge in [0.25, 0.3) is 0 Å². The monoisotopic (exact) mass is 309 g/mol. The number of amides is 1. The van der Waals surface area contributed by atoms with E-state index in [2.05, 4.69) is 5.32 Å². The molecular weight excluding hydrogens is 296 g/mol. The summed E-state index contributed by atoms with van der Waals surface area (Å²) in [6.45, 7) is 0.399. The molecule has 0 heterocycles. The largest absolute Gasteiger partial charge is 0.355 e. The Hall–Kier alpha value is -1.94. The second-order valence-electron chi connectivity index (χ2n) is 4.60. The van der Waals surface area contributed by atoms with Crippen LogP contribution >= 0.6 is 11.6 Å². The molecule has 0 spiro atoms. The fraction of sp³-hybridized carbons (Fsp3) is 0.188. The van der Waals surface area contributed by atoms with Gasteiger partial charge < -0.3 is 5.32 Å². The Kier molecular flexibility index (Phi) is 5.28. The van der Waals surface area contributed by atoms with Crippen LogP contribution in [0.3, 0.4) is 0 Å². The predicted octanol–water partition coefficient (Wildman–Crippen LogP) is 3.52. The number of carbonyl (C=O) groups is 1. The van der Waals surface area contributed by atoms with E-state index >= 15 is 0 Å². The fourth-order valence-electron chi connectivity index (χ4n) is 1.92. The van der Waals surface area contributed by atoms with Crippen molar-refractivity contribution in [1.82, 2.24) is 5.32 Å². The minimum atomic E-state index is -0.490. The van der Waals surface area contributed by atoms with Crippen LogP contribution in [0.15, 0.2) is 42.5 Å². The Balaban J connectivity index is 1.84. The van der Waals surface area contributed by atoms with Gasteiger partial charge in [-0.2, -0.15) is 0 Å². The van der Waals surface area contributed by atoms with Crippen molar-refractivity contribution in [3.8, 4) is 0 Å². The first-order chi connectivity index (χ1) is 10.1. The van der Waals surface area contributed by atoms with Crippen molar-refractivity contribution in [2.75, 3.05) is 6.54 Å². The summed E-state index contributed by atoms with van der Waals surface area (Å²) in [4.78, 5) is 11.8. The highest BCUT2D eigenvalue weighted by Gasteiger charge is 2.11. The maximum Gasteiger partial charge on any atom is 0.224 e. The molecule has 0 unspecified atom stereocenters. The van der Waals surface area contributed by atoms with E-state index in [-0.39, 0.29) is 28.7 Å². The van der Waals surface area contributed by atoms with Gasteiger partial charge in [-0.3, -0.25) is 4.79 Å². The van der Waals surface area contributed by atoms with Gasteiger partial charge in [0.05, 0.1) is 6.42 Å². The smallest absolute Gasteiger partial charge is 0.224 e. The lowest BCUT2D eigenvalue weighted by Gasteiger charge is -2.07. The van der Waals surface area contributed by atoms with Gasteiger partial charge in [0.2, 0.25) is 5.91 Å². The molecule has 0 fully saturated rings. The van der Waals surface area contributed by atoms with E-state index in [1.54, 1.807) is 18.2 Å². The second-order valence-corrected chi connectivity index (χ2v) is 5.01. The molecule has 0 aliphatic heterocycles. The molecular formula is C16H14ClF2NO. The molecule has 5 heteroatoms. The first-order valence-electron chi connectivity index (χ1n) is 6.50. The Morgan fingerprint density at radius 3 is 2.48 bits per heavy atom. The Morgan fingerprint density at radius 2 is 1.81 bits per heavy atom. The van der Waals surface area contributed by atoms with Crippen LogP contribution in [0.2, 0.25) is 5.02 Å². The highest BCUT2D eigenvalue weighted by Crippen LogP contribution is 2.19. The number of halogens is 3. The van der Waals surface area contributed by atoms with Gasteiger partial charge in [-0.05, 0) is 36.2 Å². The SMILES string of the molecule is O=C(Cc1c(F)cccc1Cl)NCCc1ccc(F)cc1. The normalized spacial score (nSPS) is 10.4. The zero-order valence-corrected chi connectivity index (χ0v) is 12.0. The second kappa shape index (κ2) is 7.18. The van der Waals surface area contributed by atoms with Crippen molar-refractivity contribution < 1.29 is 13.6 Å². The van der Waals surface area contributed by atoms with Crippen LogP contribution in [0.4, 0.5) is 8.78 Å². The molecule has 2 nitrogen and oxygen atoms in total. The molecule has 110 valence electrons. The summed E-state index contributed by atoms with van der Waals surface area (Å²) in [6.07, 6.45) is 0.478. The molecule has 0 bridgehead atoms. The zero-order chi connectivity index (χ0) is 15.2. The molecule has 0 saturated carbocycles. The molecule has 0 atom stereocenters. The number of nitrogens with one attached hydrogen (secondary N) is 1. The highest BCUT2D eigenvalue weighted by atomic mass is 35.5. The standard InChI is InChI=1S/C16H14ClF2NO/c17-14-2-1-3-15(19)13(14)10-16(21)20-9-8-11-4-6-12(18)7-5-11/h1-7H,8-10H2,(H,20,21). The highest BCUT2D eigenvalue weighted by molar-refractivity contribution is 6.31. The van der Waals surface area contributed by atoms with Crippen LogP contribution in [0.25, 0.3) is 0 Å². The van der Waals surface area contributed by atoms with E-state index in [0.717, 1.165) is 5.56 Å². The van der Waals surface area contributed by atoms with Gasteiger partial charge in [0.15, 0.2) is 0 Å². The summed E-state index contributed by atoms with van der Waals surface area (Å²) < 4.78 is 26.3. The molecule has 2 rings (SSSR count). The quantitative estimate of drug-likeness (QED) is 0.899. The molecule has 21 heavy (non-hydrogen) atoms. The topological polar surface area (TPSA) is 29.1 Å². The van der Waals surface area contributed by atoms with Crippen LogP contribution in [-0.2, 0) is 17.6 Å². The predicted molar refractivity (Wildman–Crippen MR) is 78.2 cm³/mol.